The highest BCUT2D eigenvalue weighted by atomic mass is 16.3. The molecule has 1 heteroatoms. The molecule has 1 rings (SSSR count). The Hall–Kier alpha value is -0.560. The molecule has 0 saturated heterocycles. The Morgan fingerprint density at radius 2 is 1.67 bits per heavy atom. The topological polar surface area (TPSA) is 20.2 Å². The third-order valence-corrected chi connectivity index (χ3v) is 4.64. The van der Waals surface area contributed by atoms with Gasteiger partial charge in [0.2, 0.25) is 0 Å². The molecule has 1 aliphatic carbocycles. The molecule has 0 aromatic rings. The van der Waals surface area contributed by atoms with Crippen LogP contribution >= 0.6 is 0 Å². The largest absolute Gasteiger partial charge is 0.389 e. The summed E-state index contributed by atoms with van der Waals surface area (Å²) >= 11 is 0. The highest BCUT2D eigenvalue weighted by Gasteiger charge is 2.34. The maximum Gasteiger partial charge on any atom is 0.0723 e. The fourth-order valence-corrected chi connectivity index (χ4v) is 3.05. The molecule has 21 heavy (non-hydrogen) atoms. The number of unbranched alkanes of at least 4 members (excludes halogenated alkanes) is 4. The van der Waals surface area contributed by atoms with Crippen molar-refractivity contribution in [1.29, 1.82) is 0 Å². The molecular formula is C20H36O. The van der Waals surface area contributed by atoms with Gasteiger partial charge in [-0.25, -0.2) is 0 Å². The van der Waals surface area contributed by atoms with E-state index in [0.29, 0.717) is 0 Å². The molecule has 1 aliphatic rings. The Labute approximate surface area is 132 Å². The van der Waals surface area contributed by atoms with Crippen molar-refractivity contribution in [3.8, 4) is 0 Å². The molecule has 0 spiro atoms. The van der Waals surface area contributed by atoms with Gasteiger partial charge in [-0.2, -0.15) is 0 Å². The molecule has 0 aliphatic heterocycles. The van der Waals surface area contributed by atoms with Gasteiger partial charge in [0.15, 0.2) is 0 Å². The van der Waals surface area contributed by atoms with Crippen molar-refractivity contribution in [2.45, 2.75) is 90.6 Å². The highest BCUT2D eigenvalue weighted by molar-refractivity contribution is 5.05. The van der Waals surface area contributed by atoms with E-state index in [0.717, 1.165) is 24.7 Å². The van der Waals surface area contributed by atoms with Crippen LogP contribution in [-0.2, 0) is 0 Å². The summed E-state index contributed by atoms with van der Waals surface area (Å²) in [5.74, 6) is 2.05. The molecular weight excluding hydrogens is 256 g/mol. The van der Waals surface area contributed by atoms with E-state index in [4.69, 9.17) is 0 Å². The average molecular weight is 293 g/mol. The molecule has 0 aromatic carbocycles. The predicted octanol–water partition coefficient (Wildman–Crippen LogP) is 6.04. The van der Waals surface area contributed by atoms with E-state index in [2.05, 4.69) is 26.0 Å². The standard InChI is InChI=1S/C20H36O/c1-3-5-9-13-18-17-19(18)14-11-7-8-12-16-20(21)15-10-6-4-2/h7-8,12,16,18-21H,3-6,9-11,13-15,17H2,1-2H3/b8-7-,16-12+/t18-,19-,20-/m1/s1. The first-order valence-electron chi connectivity index (χ1n) is 9.29. The number of hydrogen-bond donors (Lipinski definition) is 1. The molecule has 122 valence electrons. The summed E-state index contributed by atoms with van der Waals surface area (Å²) in [6.07, 6.45) is 22.2. The van der Waals surface area contributed by atoms with Crippen molar-refractivity contribution in [3.63, 3.8) is 0 Å². The number of aliphatic hydroxyl groups excluding tert-OH is 1. The van der Waals surface area contributed by atoms with E-state index < -0.39 is 0 Å². The molecule has 0 radical (unpaired) electrons. The first-order valence-corrected chi connectivity index (χ1v) is 9.29. The van der Waals surface area contributed by atoms with Crippen molar-refractivity contribution < 1.29 is 5.11 Å². The van der Waals surface area contributed by atoms with Gasteiger partial charge in [-0.05, 0) is 37.5 Å². The molecule has 0 aromatic heterocycles. The van der Waals surface area contributed by atoms with Gasteiger partial charge >= 0.3 is 0 Å². The van der Waals surface area contributed by atoms with Crippen LogP contribution in [0, 0.1) is 11.8 Å². The number of allylic oxidation sites excluding steroid dienone is 3. The van der Waals surface area contributed by atoms with Gasteiger partial charge in [-0.15, -0.1) is 0 Å². The van der Waals surface area contributed by atoms with Crippen LogP contribution in [0.5, 0.6) is 0 Å². The van der Waals surface area contributed by atoms with E-state index in [-0.39, 0.29) is 6.10 Å². The first kappa shape index (κ1) is 18.5. The molecule has 0 bridgehead atoms. The van der Waals surface area contributed by atoms with Crippen LogP contribution in [0.2, 0.25) is 0 Å². The normalized spacial score (nSPS) is 23.2. The smallest absolute Gasteiger partial charge is 0.0723 e. The Kier molecular flexibility index (Phi) is 10.6. The summed E-state index contributed by atoms with van der Waals surface area (Å²) in [6, 6.07) is 0. The SMILES string of the molecule is CCCCC[C@@H]1C[C@H]1CC/C=C\C=C\[C@H](O)CCCCC. The van der Waals surface area contributed by atoms with Gasteiger partial charge in [0.05, 0.1) is 6.10 Å². The van der Waals surface area contributed by atoms with Gasteiger partial charge in [-0.3, -0.25) is 0 Å². The summed E-state index contributed by atoms with van der Waals surface area (Å²) in [5.41, 5.74) is 0. The first-order chi connectivity index (χ1) is 10.3. The van der Waals surface area contributed by atoms with Crippen LogP contribution in [0.3, 0.4) is 0 Å². The third kappa shape index (κ3) is 9.90. The molecule has 0 heterocycles. The minimum atomic E-state index is -0.257. The van der Waals surface area contributed by atoms with Gasteiger partial charge < -0.3 is 5.11 Å². The zero-order valence-electron chi connectivity index (χ0n) is 14.3. The molecule has 1 saturated carbocycles. The zero-order valence-corrected chi connectivity index (χ0v) is 14.3. The summed E-state index contributed by atoms with van der Waals surface area (Å²) in [5, 5.41) is 9.75. The van der Waals surface area contributed by atoms with E-state index in [1.54, 1.807) is 0 Å². The number of hydrogen-bond acceptors (Lipinski definition) is 1. The second-order valence-corrected chi connectivity index (χ2v) is 6.71. The second-order valence-electron chi connectivity index (χ2n) is 6.71. The van der Waals surface area contributed by atoms with Gasteiger partial charge in [-0.1, -0.05) is 83.1 Å². The lowest BCUT2D eigenvalue weighted by molar-refractivity contribution is 0.208. The summed E-state index contributed by atoms with van der Waals surface area (Å²) in [7, 11) is 0. The van der Waals surface area contributed by atoms with Crippen molar-refractivity contribution in [2.24, 2.45) is 11.8 Å². The number of aliphatic hydroxyl groups is 1. The minimum absolute atomic E-state index is 0.257. The van der Waals surface area contributed by atoms with Crippen LogP contribution in [0.15, 0.2) is 24.3 Å². The van der Waals surface area contributed by atoms with E-state index in [9.17, 15) is 5.11 Å². The van der Waals surface area contributed by atoms with Crippen molar-refractivity contribution in [1.82, 2.24) is 0 Å². The summed E-state index contributed by atoms with van der Waals surface area (Å²) in [6.45, 7) is 4.47. The molecule has 1 nitrogen and oxygen atoms in total. The van der Waals surface area contributed by atoms with Crippen LogP contribution in [-0.4, -0.2) is 11.2 Å². The number of rotatable bonds is 13. The molecule has 0 amide bonds. The van der Waals surface area contributed by atoms with Crippen molar-refractivity contribution in [3.05, 3.63) is 24.3 Å². The Morgan fingerprint density at radius 3 is 2.43 bits per heavy atom. The maximum atomic E-state index is 9.75. The fourth-order valence-electron chi connectivity index (χ4n) is 3.05. The molecule has 3 atom stereocenters. The van der Waals surface area contributed by atoms with E-state index in [1.807, 2.05) is 12.2 Å². The van der Waals surface area contributed by atoms with Crippen LogP contribution < -0.4 is 0 Å². The lowest BCUT2D eigenvalue weighted by atomic mass is 10.1. The summed E-state index contributed by atoms with van der Waals surface area (Å²) < 4.78 is 0. The van der Waals surface area contributed by atoms with Gasteiger partial charge in [0.25, 0.3) is 0 Å². The van der Waals surface area contributed by atoms with E-state index in [1.165, 1.54) is 57.8 Å². The predicted molar refractivity (Wildman–Crippen MR) is 93.4 cm³/mol. The lowest BCUT2D eigenvalue weighted by Gasteiger charge is -2.03. The second kappa shape index (κ2) is 12.0. The average Bonchev–Trinajstić information content (AvgIpc) is 3.22. The Morgan fingerprint density at radius 1 is 0.952 bits per heavy atom. The fraction of sp³-hybridized carbons (Fsp3) is 0.800. The van der Waals surface area contributed by atoms with Crippen molar-refractivity contribution in [2.75, 3.05) is 0 Å². The van der Waals surface area contributed by atoms with Crippen LogP contribution in [0.25, 0.3) is 0 Å². The van der Waals surface area contributed by atoms with Crippen molar-refractivity contribution >= 4 is 0 Å². The van der Waals surface area contributed by atoms with Gasteiger partial charge in [0.1, 0.15) is 0 Å². The summed E-state index contributed by atoms with van der Waals surface area (Å²) in [4.78, 5) is 0. The molecule has 0 unspecified atom stereocenters. The quantitative estimate of drug-likeness (QED) is 0.324. The minimum Gasteiger partial charge on any atom is -0.389 e. The maximum absolute atomic E-state index is 9.75. The van der Waals surface area contributed by atoms with Gasteiger partial charge in [0, 0.05) is 0 Å². The van der Waals surface area contributed by atoms with Crippen LogP contribution in [0.1, 0.15) is 84.5 Å². The third-order valence-electron chi connectivity index (χ3n) is 4.64. The Balaban J connectivity index is 1.95. The molecule has 1 N–H and O–H groups in total. The highest BCUT2D eigenvalue weighted by Crippen LogP contribution is 2.45. The Bertz CT molecular complexity index is 292. The van der Waals surface area contributed by atoms with Crippen LogP contribution in [0.4, 0.5) is 0 Å². The monoisotopic (exact) mass is 292 g/mol. The molecule has 1 fully saturated rings. The zero-order chi connectivity index (χ0) is 15.3. The lowest BCUT2D eigenvalue weighted by Crippen LogP contribution is -2.00. The van der Waals surface area contributed by atoms with E-state index >= 15 is 0 Å².